The summed E-state index contributed by atoms with van der Waals surface area (Å²) in [6.07, 6.45) is 0.907. The fourth-order valence-electron chi connectivity index (χ4n) is 2.18. The van der Waals surface area contributed by atoms with Crippen LogP contribution in [0.3, 0.4) is 0 Å². The monoisotopic (exact) mass is 311 g/mol. The Morgan fingerprint density at radius 3 is 2.83 bits per heavy atom. The lowest BCUT2D eigenvalue weighted by Gasteiger charge is -2.20. The van der Waals surface area contributed by atoms with Gasteiger partial charge in [0.1, 0.15) is 0 Å². The first-order chi connectivity index (χ1) is 11.0. The number of likely N-dealkylation sites (N-methyl/N-ethyl adjacent to an activating group) is 1. The molecule has 23 heavy (non-hydrogen) atoms. The molecule has 0 fully saturated rings. The van der Waals surface area contributed by atoms with Gasteiger partial charge in [0.05, 0.1) is 23.6 Å². The Morgan fingerprint density at radius 1 is 1.35 bits per heavy atom. The van der Waals surface area contributed by atoms with Crippen LogP contribution in [0, 0.1) is 11.3 Å². The summed E-state index contributed by atoms with van der Waals surface area (Å²) in [5.41, 5.74) is 0.861. The van der Waals surface area contributed by atoms with E-state index in [0.717, 1.165) is 5.39 Å². The van der Waals surface area contributed by atoms with Gasteiger partial charge in [-0.25, -0.2) is 4.79 Å². The maximum absolute atomic E-state index is 12.3. The van der Waals surface area contributed by atoms with Crippen LogP contribution in [-0.4, -0.2) is 41.5 Å². The Hall–Kier alpha value is -2.94. The average molecular weight is 311 g/mol. The Kier molecular flexibility index (Phi) is 5.26. The van der Waals surface area contributed by atoms with Crippen LogP contribution in [0.1, 0.15) is 23.7 Å². The fraction of sp³-hybridized carbons (Fsp3) is 0.294. The predicted molar refractivity (Wildman–Crippen MR) is 84.5 cm³/mol. The number of rotatable bonds is 5. The van der Waals surface area contributed by atoms with Crippen LogP contribution in [0.5, 0.6) is 0 Å². The summed E-state index contributed by atoms with van der Waals surface area (Å²) in [4.78, 5) is 30.0. The summed E-state index contributed by atoms with van der Waals surface area (Å²) in [6.45, 7) is 1.81. The first-order valence-corrected chi connectivity index (χ1v) is 7.21. The molecular weight excluding hydrogens is 294 g/mol. The molecule has 0 aliphatic heterocycles. The number of para-hydroxylation sites is 1. The van der Waals surface area contributed by atoms with E-state index in [1.54, 1.807) is 31.4 Å². The smallest absolute Gasteiger partial charge is 0.341 e. The molecule has 1 amide bonds. The molecule has 6 heteroatoms. The number of nitrogens with zero attached hydrogens (tertiary/aromatic N) is 3. The number of nitriles is 1. The summed E-state index contributed by atoms with van der Waals surface area (Å²) in [5, 5.41) is 9.38. The van der Waals surface area contributed by atoms with Gasteiger partial charge in [0.15, 0.2) is 6.10 Å². The van der Waals surface area contributed by atoms with Gasteiger partial charge in [-0.1, -0.05) is 18.2 Å². The van der Waals surface area contributed by atoms with Crippen molar-refractivity contribution in [3.05, 3.63) is 42.1 Å². The molecule has 1 aromatic carbocycles. The third-order valence-corrected chi connectivity index (χ3v) is 3.42. The zero-order chi connectivity index (χ0) is 16.8. The molecule has 0 saturated heterocycles. The Bertz CT molecular complexity index is 762. The van der Waals surface area contributed by atoms with Gasteiger partial charge in [-0.2, -0.15) is 5.26 Å². The maximum atomic E-state index is 12.3. The van der Waals surface area contributed by atoms with Crippen LogP contribution in [0.15, 0.2) is 36.5 Å². The van der Waals surface area contributed by atoms with Crippen LogP contribution in [0.4, 0.5) is 0 Å². The molecule has 6 nitrogen and oxygen atoms in total. The highest BCUT2D eigenvalue weighted by molar-refractivity contribution is 6.03. The summed E-state index contributed by atoms with van der Waals surface area (Å²) in [5.74, 6) is -0.939. The zero-order valence-electron chi connectivity index (χ0n) is 13.0. The Balaban J connectivity index is 2.12. The molecule has 0 aliphatic rings. The van der Waals surface area contributed by atoms with Gasteiger partial charge in [0.2, 0.25) is 0 Å². The van der Waals surface area contributed by atoms with E-state index in [1.165, 1.54) is 11.8 Å². The van der Waals surface area contributed by atoms with Gasteiger partial charge in [-0.3, -0.25) is 9.78 Å². The number of pyridine rings is 1. The van der Waals surface area contributed by atoms with Crippen molar-refractivity contribution >= 4 is 22.8 Å². The van der Waals surface area contributed by atoms with E-state index >= 15 is 0 Å². The van der Waals surface area contributed by atoms with E-state index in [0.29, 0.717) is 17.6 Å². The molecule has 0 saturated carbocycles. The highest BCUT2D eigenvalue weighted by Gasteiger charge is 2.23. The van der Waals surface area contributed by atoms with Crippen molar-refractivity contribution in [1.29, 1.82) is 5.26 Å². The number of hydrogen-bond acceptors (Lipinski definition) is 5. The molecular formula is C17H17N3O3. The van der Waals surface area contributed by atoms with Crippen LogP contribution in [0.2, 0.25) is 0 Å². The molecule has 1 aromatic heterocycles. The van der Waals surface area contributed by atoms with Gasteiger partial charge in [-0.15, -0.1) is 0 Å². The third-order valence-electron chi connectivity index (χ3n) is 3.42. The first-order valence-electron chi connectivity index (χ1n) is 7.21. The summed E-state index contributed by atoms with van der Waals surface area (Å²) in [7, 11) is 1.57. The van der Waals surface area contributed by atoms with Crippen molar-refractivity contribution in [3.8, 4) is 6.07 Å². The fourth-order valence-corrected chi connectivity index (χ4v) is 2.18. The number of ether oxygens (including phenoxy) is 1. The highest BCUT2D eigenvalue weighted by Crippen LogP contribution is 2.17. The lowest BCUT2D eigenvalue weighted by molar-refractivity contribution is -0.138. The van der Waals surface area contributed by atoms with E-state index in [4.69, 9.17) is 10.00 Å². The van der Waals surface area contributed by atoms with Crippen LogP contribution < -0.4 is 0 Å². The topological polar surface area (TPSA) is 83.3 Å². The molecule has 2 rings (SSSR count). The minimum absolute atomic E-state index is 0.232. The second-order valence-corrected chi connectivity index (χ2v) is 5.10. The number of esters is 1. The van der Waals surface area contributed by atoms with Gasteiger partial charge < -0.3 is 9.64 Å². The van der Waals surface area contributed by atoms with Crippen molar-refractivity contribution in [1.82, 2.24) is 9.88 Å². The number of hydrogen-bond donors (Lipinski definition) is 0. The standard InChI is InChI=1S/C17H17N3O3/c1-12(16(21)20(2)11-5-9-18)23-17(22)14-8-3-6-13-7-4-10-19-15(13)14/h3-4,6-8,10,12H,5,11H2,1-2H3/t12-/m1/s1. The van der Waals surface area contributed by atoms with Gasteiger partial charge in [-0.05, 0) is 19.1 Å². The minimum Gasteiger partial charge on any atom is -0.449 e. The molecule has 1 atom stereocenters. The quantitative estimate of drug-likeness (QED) is 0.790. The van der Waals surface area contributed by atoms with E-state index in [-0.39, 0.29) is 12.3 Å². The van der Waals surface area contributed by atoms with E-state index < -0.39 is 12.1 Å². The van der Waals surface area contributed by atoms with Gasteiger partial charge >= 0.3 is 5.97 Å². The SMILES string of the molecule is C[C@@H](OC(=O)c1cccc2cccnc12)C(=O)N(C)CCC#N. The van der Waals surface area contributed by atoms with Crippen molar-refractivity contribution in [2.75, 3.05) is 13.6 Å². The first kappa shape index (κ1) is 16.4. The van der Waals surface area contributed by atoms with Crippen molar-refractivity contribution in [2.24, 2.45) is 0 Å². The molecule has 0 aliphatic carbocycles. The van der Waals surface area contributed by atoms with Gasteiger partial charge in [0.25, 0.3) is 5.91 Å². The van der Waals surface area contributed by atoms with Crippen LogP contribution >= 0.6 is 0 Å². The lowest BCUT2D eigenvalue weighted by Crippen LogP contribution is -2.37. The molecule has 0 unspecified atom stereocenters. The molecule has 0 spiro atoms. The Labute approximate surface area is 134 Å². The van der Waals surface area contributed by atoms with Crippen molar-refractivity contribution < 1.29 is 14.3 Å². The minimum atomic E-state index is -0.926. The van der Waals surface area contributed by atoms with E-state index in [9.17, 15) is 9.59 Å². The summed E-state index contributed by atoms with van der Waals surface area (Å²) >= 11 is 0. The van der Waals surface area contributed by atoms with Gasteiger partial charge in [0, 0.05) is 25.2 Å². The van der Waals surface area contributed by atoms with Crippen molar-refractivity contribution in [2.45, 2.75) is 19.4 Å². The number of carbonyl (C=O) groups is 2. The molecule has 2 aromatic rings. The van der Waals surface area contributed by atoms with E-state index in [2.05, 4.69) is 4.98 Å². The summed E-state index contributed by atoms with van der Waals surface area (Å²) in [6, 6.07) is 10.8. The molecule has 1 heterocycles. The number of carbonyl (C=O) groups excluding carboxylic acids is 2. The zero-order valence-corrected chi connectivity index (χ0v) is 13.0. The highest BCUT2D eigenvalue weighted by atomic mass is 16.5. The van der Waals surface area contributed by atoms with E-state index in [1.807, 2.05) is 18.2 Å². The number of aromatic nitrogens is 1. The Morgan fingerprint density at radius 2 is 2.09 bits per heavy atom. The second kappa shape index (κ2) is 7.36. The number of fused-ring (bicyclic) bond motifs is 1. The maximum Gasteiger partial charge on any atom is 0.341 e. The number of benzene rings is 1. The molecule has 0 N–H and O–H groups in total. The normalized spacial score (nSPS) is 11.5. The third kappa shape index (κ3) is 3.83. The van der Waals surface area contributed by atoms with Crippen molar-refractivity contribution in [3.63, 3.8) is 0 Å². The van der Waals surface area contributed by atoms with Crippen LogP contribution in [0.25, 0.3) is 10.9 Å². The number of amides is 1. The predicted octanol–water partition coefficient (Wildman–Crippen LogP) is 2.15. The molecule has 0 bridgehead atoms. The lowest BCUT2D eigenvalue weighted by atomic mass is 10.1. The largest absolute Gasteiger partial charge is 0.449 e. The molecule has 0 radical (unpaired) electrons. The molecule has 118 valence electrons. The second-order valence-electron chi connectivity index (χ2n) is 5.10. The average Bonchev–Trinajstić information content (AvgIpc) is 2.58. The van der Waals surface area contributed by atoms with Crippen LogP contribution in [-0.2, 0) is 9.53 Å². The summed E-state index contributed by atoms with van der Waals surface area (Å²) < 4.78 is 5.25.